The number of nitrogens with zero attached hydrogens (tertiary/aromatic N) is 14. The molecule has 0 fully saturated rings. The number of non-ortho nitro benzene ring substituents is 5. The molecular formula is C98H98BBrClN19NaO20S5. The van der Waals surface area contributed by atoms with Crippen LogP contribution in [-0.2, 0) is 44.0 Å². The zero-order valence-corrected chi connectivity index (χ0v) is 87.6. The van der Waals surface area contributed by atoms with Crippen LogP contribution in [0, 0.1) is 50.6 Å². The number of aromatic nitrogens is 9. The fourth-order valence-electron chi connectivity index (χ4n) is 13.8. The van der Waals surface area contributed by atoms with Crippen molar-refractivity contribution in [3.8, 4) is 55.6 Å². The van der Waals surface area contributed by atoms with E-state index in [1.807, 2.05) is 70.1 Å². The van der Waals surface area contributed by atoms with Gasteiger partial charge in [-0.05, 0) is 194 Å². The van der Waals surface area contributed by atoms with Gasteiger partial charge in [0, 0.05) is 146 Å². The molecule has 146 heavy (non-hydrogen) atoms. The number of nitro benzene ring substituents is 5. The topological polar surface area (TPSA) is 532 Å². The largest absolute Gasteiger partial charge is 1.00 e. The van der Waals surface area contributed by atoms with E-state index in [9.17, 15) is 79.7 Å². The number of ether oxygens (including phenoxy) is 4. The van der Waals surface area contributed by atoms with Gasteiger partial charge in [-0.1, -0.05) is 148 Å². The van der Waals surface area contributed by atoms with Crippen LogP contribution < -0.4 is 56.6 Å². The number of aldehydes is 1. The minimum absolute atomic E-state index is 0. The molecule has 7 aromatic heterocycles. The van der Waals surface area contributed by atoms with Crippen molar-refractivity contribution < 1.29 is 104 Å². The third-order valence-electron chi connectivity index (χ3n) is 19.3. The van der Waals surface area contributed by atoms with Gasteiger partial charge in [-0.25, -0.2) is 54.1 Å². The Kier molecular flexibility index (Phi) is 40.2. The van der Waals surface area contributed by atoms with Crippen LogP contribution in [0.1, 0.15) is 132 Å². The number of hydrogen-bond donors (Lipinski definition) is 6. The van der Waals surface area contributed by atoms with Crippen molar-refractivity contribution in [2.24, 2.45) is 0 Å². The molecule has 0 spiro atoms. The van der Waals surface area contributed by atoms with Crippen LogP contribution >= 0.6 is 85.0 Å². The fraction of sp³-hybridized carbons (Fsp3) is 0.224. The smallest absolute Gasteiger partial charge is 1.00 e. The molecule has 17 rings (SSSR count). The zero-order chi connectivity index (χ0) is 102. The SMILES string of the molecule is C.C.CC(C)(C)OC(=O)Nc1nc2c(-c3cccc([N+](=O)[O-])c3)cc(C=O)cc2s1.CC(C)(C)OC(=O)Nc1nc2c(-c3cccc([N+](=O)[O-])c3)cc(CBr)cc2s1.CC(C)(C)OC(=O)Nc1nc2c(-c3cccc([N+](=O)[O-])c3)cc(CO)cc2s1.CC(C)(C)OC(=O)Nc1nc2c(-c3cccc([N+](=O)[O-])c3)cc(Cn3ccnc3)cc2s1.Cl.Nc1nc2c(-c3cccc([N+](=O)[O-])c3)cc(Cn3ccnc3)cc2s1.[B].[H-].[Na+]. The molecule has 0 unspecified atom stereocenters. The molecule has 7 heterocycles. The summed E-state index contributed by atoms with van der Waals surface area (Å²) in [7, 11) is 0. The van der Waals surface area contributed by atoms with Gasteiger partial charge in [-0.15, -0.1) is 12.4 Å². The number of anilines is 5. The number of benzene rings is 10. The number of imidazole rings is 2. The van der Waals surface area contributed by atoms with Crippen molar-refractivity contribution in [3.05, 3.63) is 298 Å². The van der Waals surface area contributed by atoms with E-state index in [4.69, 9.17) is 24.7 Å². The normalized spacial score (nSPS) is 10.9. The van der Waals surface area contributed by atoms with Gasteiger partial charge in [0.2, 0.25) is 0 Å². The first-order valence-corrected chi connectivity index (χ1v) is 47.7. The molecule has 0 aliphatic carbocycles. The minimum Gasteiger partial charge on any atom is -1.00 e. The molecule has 0 atom stereocenters. The monoisotopic (exact) mass is 2170 g/mol. The minimum atomic E-state index is -0.653. The number of alkyl halides is 1. The van der Waals surface area contributed by atoms with Gasteiger partial charge in [0.1, 0.15) is 28.7 Å². The van der Waals surface area contributed by atoms with E-state index in [0.29, 0.717) is 122 Å². The predicted molar refractivity (Wildman–Crippen MR) is 577 cm³/mol. The Morgan fingerprint density at radius 1 is 0.404 bits per heavy atom. The second-order valence-electron chi connectivity index (χ2n) is 34.9. The van der Waals surface area contributed by atoms with Gasteiger partial charge >= 0.3 is 53.9 Å². The van der Waals surface area contributed by atoms with Crippen molar-refractivity contribution in [1.82, 2.24) is 44.0 Å². The third-order valence-corrected chi connectivity index (χ3v) is 24.5. The molecule has 17 aromatic rings. The number of fused-ring (bicyclic) bond motifs is 5. The van der Waals surface area contributed by atoms with Gasteiger partial charge in [0.05, 0.1) is 95.0 Å². The summed E-state index contributed by atoms with van der Waals surface area (Å²) in [4.78, 5) is 144. The van der Waals surface area contributed by atoms with Gasteiger partial charge in [0.15, 0.2) is 25.7 Å². The number of nitrogens with one attached hydrogen (secondary N) is 4. The molecule has 0 aliphatic heterocycles. The summed E-state index contributed by atoms with van der Waals surface area (Å²) in [5, 5.41) is 78.3. The van der Waals surface area contributed by atoms with Gasteiger partial charge in [0.25, 0.3) is 28.4 Å². The summed E-state index contributed by atoms with van der Waals surface area (Å²) in [5.74, 6) is 0. The molecule has 0 bridgehead atoms. The Labute approximate surface area is 895 Å². The summed E-state index contributed by atoms with van der Waals surface area (Å²) in [6, 6.07) is 50.4. The maximum absolute atomic E-state index is 12.2. The number of nitrogens with two attached hydrogens (primary N) is 1. The Hall–Kier alpha value is -14.6. The van der Waals surface area contributed by atoms with E-state index in [2.05, 4.69) is 72.1 Å². The summed E-state index contributed by atoms with van der Waals surface area (Å²) in [6.45, 7) is 22.3. The number of amides is 4. The predicted octanol–water partition coefficient (Wildman–Crippen LogP) is 23.4. The van der Waals surface area contributed by atoms with Crippen LogP contribution in [-0.4, -0.2) is 135 Å². The van der Waals surface area contributed by atoms with Crippen LogP contribution in [0.25, 0.3) is 107 Å². The molecule has 7 N–H and O–H groups in total. The Morgan fingerprint density at radius 2 is 0.658 bits per heavy atom. The number of nitrogen functional groups attached to an aromatic ring is 1. The average molecular weight is 2170 g/mol. The number of aliphatic hydroxyl groups is 1. The quantitative estimate of drug-likeness (QED) is 0.00971. The molecule has 0 aliphatic rings. The molecule has 4 amide bonds. The number of aliphatic hydroxyl groups excluding tert-OH is 1. The van der Waals surface area contributed by atoms with Crippen LogP contribution in [0.5, 0.6) is 0 Å². The number of thiazole rings is 5. The van der Waals surface area contributed by atoms with Crippen LogP contribution in [0.2, 0.25) is 0 Å². The first-order chi connectivity index (χ1) is 66.7. The molecule has 0 saturated carbocycles. The summed E-state index contributed by atoms with van der Waals surface area (Å²) in [5.41, 5.74) is 17.4. The third kappa shape index (κ3) is 31.7. The van der Waals surface area contributed by atoms with Crippen molar-refractivity contribution in [2.45, 2.75) is 145 Å². The molecule has 3 radical (unpaired) electrons. The van der Waals surface area contributed by atoms with Crippen molar-refractivity contribution in [3.63, 3.8) is 0 Å². The fourth-order valence-corrected chi connectivity index (χ4v) is 18.7. The molecule has 48 heteroatoms. The maximum atomic E-state index is 12.2. The van der Waals surface area contributed by atoms with Crippen molar-refractivity contribution in [1.29, 1.82) is 0 Å². The summed E-state index contributed by atoms with van der Waals surface area (Å²) in [6.07, 6.45) is 8.91. The maximum Gasteiger partial charge on any atom is 1.00 e. The Balaban J connectivity index is 0.000000247. The Morgan fingerprint density at radius 3 is 0.918 bits per heavy atom. The van der Waals surface area contributed by atoms with Gasteiger partial charge < -0.3 is 40.3 Å². The average Bonchev–Trinajstić information content (AvgIpc) is 1.67. The number of hydrogen-bond acceptors (Lipinski definition) is 33. The molecule has 10 aromatic carbocycles. The summed E-state index contributed by atoms with van der Waals surface area (Å²) >= 11 is 9.92. The second kappa shape index (κ2) is 50.3. The van der Waals surface area contributed by atoms with Crippen molar-refractivity contribution in [2.75, 3.05) is 27.0 Å². The van der Waals surface area contributed by atoms with Gasteiger partial charge in [-0.3, -0.25) is 76.6 Å². The van der Waals surface area contributed by atoms with Crippen LogP contribution in [0.4, 0.5) is 73.3 Å². The second-order valence-corrected chi connectivity index (χ2v) is 40.7. The first kappa shape index (κ1) is 117. The number of rotatable bonds is 21. The molecule has 753 valence electrons. The van der Waals surface area contributed by atoms with Gasteiger partial charge in [-0.2, -0.15) is 0 Å². The van der Waals surface area contributed by atoms with E-state index >= 15 is 0 Å². The molecule has 0 saturated heterocycles. The van der Waals surface area contributed by atoms with E-state index in [-0.39, 0.29) is 102 Å². The number of nitro groups is 5. The first-order valence-electron chi connectivity index (χ1n) is 42.5. The zero-order valence-electron chi connectivity index (χ0n) is 80.1. The standard InChI is InChI=1S/C22H21N5O4S.C19H18BrN3O4S.C19H19N3O5S.C19H17N3O5S.C17H13N5O2S.2CH4.B.ClH.Na.H/c1-22(2,3)31-21(28)25-20-24-19-17(15-5-4-6-16(11-15)27(29)30)9-14(10-18(19)32-20)12-26-8-7-23-13-26;1-19(2,3)27-18(24)22-17-21-16-14(7-11(10-20)8-15(16)28-17)12-5-4-6-13(9-12)23(25)26;2*1-19(2,3)27-18(24)21-17-20-16-14(7-11(10-23)8-15(16)28-17)12-5-4-6-13(9-12)22(25)26;18-17-20-16-14(12-2-1-3-13(8-12)22(23)24)6-11(7-15(16)25-17)9-21-5-4-19-10-21;;;;;;/h4-11,13H,12H2,1-3H3,(H,24,25,28);4-9H,10H2,1-3H3,(H,21,22,24);4-9,23H,10H2,1-3H3,(H,20,21,24);4-10H,1-3H3,(H,20,21,24);1-8,10H,9H2,(H2,18,20);2*1H4;;1H;;/q;;;;;;;;;+1;-1. The van der Waals surface area contributed by atoms with Crippen LogP contribution in [0.15, 0.2) is 219 Å². The van der Waals surface area contributed by atoms with E-state index in [1.165, 1.54) is 111 Å². The molecular weight excluding hydrogens is 2070 g/mol. The van der Waals surface area contributed by atoms with E-state index in [1.54, 1.807) is 187 Å². The number of carbonyl (C=O) groups is 5. The van der Waals surface area contributed by atoms with Crippen molar-refractivity contribution >= 4 is 229 Å². The number of halogens is 2. The Bertz CT molecular complexity index is 7490. The van der Waals surface area contributed by atoms with Crippen LogP contribution in [0.3, 0.4) is 0 Å². The van der Waals surface area contributed by atoms with E-state index in [0.717, 1.165) is 63.3 Å². The number of carbonyl (C=O) groups excluding carboxylic acids is 5. The van der Waals surface area contributed by atoms with E-state index < -0.39 is 71.4 Å². The summed E-state index contributed by atoms with van der Waals surface area (Å²) < 4.78 is 29.0. The molecule has 39 nitrogen and oxygen atoms in total.